The Morgan fingerprint density at radius 2 is 1.85 bits per heavy atom. The van der Waals surface area contributed by atoms with Gasteiger partial charge in [-0.05, 0) is 30.0 Å². The third-order valence-corrected chi connectivity index (χ3v) is 4.16. The van der Waals surface area contributed by atoms with Gasteiger partial charge in [0.1, 0.15) is 6.61 Å². The zero-order valence-corrected chi connectivity index (χ0v) is 16.0. The molecule has 1 aromatic carbocycles. The maximum atomic E-state index is 9.67. The Morgan fingerprint density at radius 3 is 2.56 bits per heavy atom. The number of aliphatic hydroxyl groups excluding tert-OH is 1. The van der Waals surface area contributed by atoms with E-state index in [1.165, 1.54) is 0 Å². The van der Waals surface area contributed by atoms with Crippen LogP contribution >= 0.6 is 11.6 Å². The number of halogens is 1. The molecule has 0 bridgehead atoms. The van der Waals surface area contributed by atoms with Gasteiger partial charge in [-0.15, -0.1) is 0 Å². The zero-order chi connectivity index (χ0) is 19.2. The lowest BCUT2D eigenvalue weighted by molar-refractivity contribution is 0.258. The summed E-state index contributed by atoms with van der Waals surface area (Å²) in [5.41, 5.74) is 1.92. The predicted molar refractivity (Wildman–Crippen MR) is 105 cm³/mol. The van der Waals surface area contributed by atoms with Crippen molar-refractivity contribution >= 4 is 28.6 Å². The van der Waals surface area contributed by atoms with Crippen LogP contribution in [0.2, 0.25) is 5.02 Å². The van der Waals surface area contributed by atoms with Crippen molar-refractivity contribution in [1.29, 1.82) is 0 Å². The van der Waals surface area contributed by atoms with Gasteiger partial charge < -0.3 is 15.2 Å². The fourth-order valence-corrected chi connectivity index (χ4v) is 2.80. The second-order valence-corrected chi connectivity index (χ2v) is 7.09. The first-order valence-electron chi connectivity index (χ1n) is 8.78. The van der Waals surface area contributed by atoms with Gasteiger partial charge in [0.25, 0.3) is 0 Å². The third-order valence-electron chi connectivity index (χ3n) is 3.91. The summed E-state index contributed by atoms with van der Waals surface area (Å²) in [6.45, 7) is 4.49. The summed E-state index contributed by atoms with van der Waals surface area (Å²) in [6, 6.07) is 7.42. The van der Waals surface area contributed by atoms with Crippen molar-refractivity contribution in [3.05, 3.63) is 47.2 Å². The van der Waals surface area contributed by atoms with Gasteiger partial charge in [0, 0.05) is 17.4 Å². The van der Waals surface area contributed by atoms with Crippen LogP contribution in [0.3, 0.4) is 0 Å². The molecule has 0 aliphatic rings. The molecule has 0 unspecified atom stereocenters. The highest BCUT2D eigenvalue weighted by Gasteiger charge is 2.16. The van der Waals surface area contributed by atoms with Crippen molar-refractivity contribution in [3.8, 4) is 6.01 Å². The van der Waals surface area contributed by atoms with Crippen molar-refractivity contribution in [2.45, 2.75) is 32.9 Å². The number of aromatic nitrogens is 4. The van der Waals surface area contributed by atoms with Crippen molar-refractivity contribution in [2.75, 3.05) is 11.9 Å². The molecule has 0 aliphatic heterocycles. The highest BCUT2D eigenvalue weighted by Crippen LogP contribution is 2.22. The number of anilines is 1. The molecule has 3 aromatic rings. The standard InChI is InChI=1S/C19H22ClN5O2/c1-12(2)9-15(10-26)23-18-16-17(22-8-7-21-16)24-19(25-18)27-11-13-3-5-14(20)6-4-13/h3-8,12,15,26H,9-11H2,1-2H3,(H,22,23,24,25)/t15-/m1/s1. The first-order valence-corrected chi connectivity index (χ1v) is 9.16. The molecule has 3 rings (SSSR count). The van der Waals surface area contributed by atoms with E-state index in [-0.39, 0.29) is 18.7 Å². The summed E-state index contributed by atoms with van der Waals surface area (Å²) in [5.74, 6) is 0.924. The number of ether oxygens (including phenoxy) is 1. The van der Waals surface area contributed by atoms with Crippen molar-refractivity contribution in [1.82, 2.24) is 19.9 Å². The van der Waals surface area contributed by atoms with Gasteiger partial charge in [-0.1, -0.05) is 37.6 Å². The molecule has 2 heterocycles. The maximum absolute atomic E-state index is 9.67. The highest BCUT2D eigenvalue weighted by molar-refractivity contribution is 6.30. The number of fused-ring (bicyclic) bond motifs is 1. The normalized spacial score (nSPS) is 12.3. The number of aliphatic hydroxyl groups is 1. The molecule has 2 N–H and O–H groups in total. The molecule has 2 aromatic heterocycles. The molecule has 0 radical (unpaired) electrons. The smallest absolute Gasteiger partial charge is 0.320 e. The van der Waals surface area contributed by atoms with E-state index in [0.717, 1.165) is 12.0 Å². The van der Waals surface area contributed by atoms with Gasteiger partial charge in [-0.25, -0.2) is 9.97 Å². The lowest BCUT2D eigenvalue weighted by Crippen LogP contribution is -2.26. The Hall–Kier alpha value is -2.51. The zero-order valence-electron chi connectivity index (χ0n) is 15.3. The molecular weight excluding hydrogens is 366 g/mol. The molecule has 0 fully saturated rings. The lowest BCUT2D eigenvalue weighted by Gasteiger charge is -2.19. The van der Waals surface area contributed by atoms with Crippen LogP contribution in [0.15, 0.2) is 36.7 Å². The topological polar surface area (TPSA) is 93.0 Å². The summed E-state index contributed by atoms with van der Waals surface area (Å²) in [7, 11) is 0. The van der Waals surface area contributed by atoms with Crippen molar-refractivity contribution < 1.29 is 9.84 Å². The molecule has 0 spiro atoms. The minimum Gasteiger partial charge on any atom is -0.458 e. The fraction of sp³-hybridized carbons (Fsp3) is 0.368. The van der Waals surface area contributed by atoms with Gasteiger partial charge in [0.05, 0.1) is 12.6 Å². The SMILES string of the molecule is CC(C)C[C@H](CO)Nc1nc(OCc2ccc(Cl)cc2)nc2nccnc12. The molecule has 0 saturated heterocycles. The summed E-state index contributed by atoms with van der Waals surface area (Å²) in [6.07, 6.45) is 3.95. The van der Waals surface area contributed by atoms with E-state index in [2.05, 4.69) is 39.1 Å². The molecule has 8 heteroatoms. The Morgan fingerprint density at radius 1 is 1.11 bits per heavy atom. The van der Waals surface area contributed by atoms with E-state index in [4.69, 9.17) is 16.3 Å². The highest BCUT2D eigenvalue weighted by atomic mass is 35.5. The average molecular weight is 388 g/mol. The van der Waals surface area contributed by atoms with Crippen LogP contribution in [0.5, 0.6) is 6.01 Å². The third kappa shape index (κ3) is 5.24. The maximum Gasteiger partial charge on any atom is 0.320 e. The van der Waals surface area contributed by atoms with Crippen molar-refractivity contribution in [3.63, 3.8) is 0 Å². The molecule has 0 amide bonds. The van der Waals surface area contributed by atoms with Gasteiger partial charge in [-0.3, -0.25) is 0 Å². The summed E-state index contributed by atoms with van der Waals surface area (Å²) in [5, 5.41) is 13.6. The van der Waals surface area contributed by atoms with E-state index in [1.54, 1.807) is 24.5 Å². The fourth-order valence-electron chi connectivity index (χ4n) is 2.68. The average Bonchev–Trinajstić information content (AvgIpc) is 2.66. The number of hydrogen-bond donors (Lipinski definition) is 2. The van der Waals surface area contributed by atoms with Crippen LogP contribution in [-0.2, 0) is 6.61 Å². The first kappa shape index (κ1) is 19.3. The number of hydrogen-bond acceptors (Lipinski definition) is 7. The number of nitrogens with one attached hydrogen (secondary N) is 1. The van der Waals surface area contributed by atoms with Crippen LogP contribution in [0.1, 0.15) is 25.8 Å². The largest absolute Gasteiger partial charge is 0.458 e. The van der Waals surface area contributed by atoms with Crippen LogP contribution in [0, 0.1) is 5.92 Å². The predicted octanol–water partition coefficient (Wildman–Crippen LogP) is 3.47. The quantitative estimate of drug-likeness (QED) is 0.611. The van der Waals surface area contributed by atoms with Crippen LogP contribution in [0.25, 0.3) is 11.2 Å². The summed E-state index contributed by atoms with van der Waals surface area (Å²) < 4.78 is 5.74. The van der Waals surface area contributed by atoms with Gasteiger partial charge in [-0.2, -0.15) is 9.97 Å². The number of benzene rings is 1. The Labute approximate surface area is 162 Å². The minimum absolute atomic E-state index is 0.00902. The summed E-state index contributed by atoms with van der Waals surface area (Å²) >= 11 is 5.90. The van der Waals surface area contributed by atoms with E-state index in [9.17, 15) is 5.11 Å². The Balaban J connectivity index is 1.84. The van der Waals surface area contributed by atoms with E-state index in [1.807, 2.05) is 12.1 Å². The second-order valence-electron chi connectivity index (χ2n) is 6.65. The lowest BCUT2D eigenvalue weighted by atomic mass is 10.0. The first-order chi connectivity index (χ1) is 13.0. The summed E-state index contributed by atoms with van der Waals surface area (Å²) in [4.78, 5) is 17.3. The monoisotopic (exact) mass is 387 g/mol. The number of rotatable bonds is 8. The molecular formula is C19H22ClN5O2. The Kier molecular flexibility index (Phi) is 6.36. The van der Waals surface area contributed by atoms with E-state index >= 15 is 0 Å². The van der Waals surface area contributed by atoms with Crippen molar-refractivity contribution in [2.24, 2.45) is 5.92 Å². The molecule has 1 atom stereocenters. The van der Waals surface area contributed by atoms with Crippen LogP contribution < -0.4 is 10.1 Å². The van der Waals surface area contributed by atoms with E-state index < -0.39 is 0 Å². The van der Waals surface area contributed by atoms with Crippen LogP contribution in [0.4, 0.5) is 5.82 Å². The molecule has 7 nitrogen and oxygen atoms in total. The van der Waals surface area contributed by atoms with Gasteiger partial charge in [0.15, 0.2) is 17.0 Å². The number of nitrogens with zero attached hydrogens (tertiary/aromatic N) is 4. The van der Waals surface area contributed by atoms with Crippen LogP contribution in [-0.4, -0.2) is 37.7 Å². The minimum atomic E-state index is -0.144. The van der Waals surface area contributed by atoms with E-state index in [0.29, 0.717) is 34.5 Å². The van der Waals surface area contributed by atoms with Gasteiger partial charge in [0.2, 0.25) is 0 Å². The van der Waals surface area contributed by atoms with Gasteiger partial charge >= 0.3 is 6.01 Å². The molecule has 0 aliphatic carbocycles. The Bertz CT molecular complexity index is 889. The molecule has 0 saturated carbocycles. The molecule has 27 heavy (non-hydrogen) atoms. The molecule has 142 valence electrons. The second kappa shape index (κ2) is 8.92.